The molecule has 0 saturated heterocycles. The average Bonchev–Trinajstić information content (AvgIpc) is 3.38. The fourth-order valence-electron chi connectivity index (χ4n) is 3.97. The Bertz CT molecular complexity index is 655. The van der Waals surface area contributed by atoms with Gasteiger partial charge in [0.05, 0.1) is 6.54 Å². The summed E-state index contributed by atoms with van der Waals surface area (Å²) in [4.78, 5) is 0.888. The van der Waals surface area contributed by atoms with Crippen molar-refractivity contribution in [2.24, 2.45) is 0 Å². The monoisotopic (exact) mass is 444 g/mol. The maximum Gasteiger partial charge on any atom is 0.250 e. The lowest BCUT2D eigenvalue weighted by Crippen LogP contribution is -2.28. The van der Waals surface area contributed by atoms with E-state index in [0.717, 1.165) is 43.4 Å². The van der Waals surface area contributed by atoms with Crippen LogP contribution in [-0.4, -0.2) is 31.3 Å². The van der Waals surface area contributed by atoms with Crippen LogP contribution < -0.4 is 4.72 Å². The van der Waals surface area contributed by atoms with E-state index >= 15 is 0 Å². The molecule has 1 aliphatic carbocycles. The lowest BCUT2D eigenvalue weighted by molar-refractivity contribution is -0.132. The molecule has 1 heterocycles. The Hall–Kier alpha value is -0.470. The minimum atomic E-state index is -3.44. The van der Waals surface area contributed by atoms with E-state index in [1.807, 2.05) is 6.07 Å². The maximum absolute atomic E-state index is 12.5. The van der Waals surface area contributed by atoms with Crippen LogP contribution in [0.2, 0.25) is 0 Å². The van der Waals surface area contributed by atoms with Crippen LogP contribution in [0.5, 0.6) is 0 Å². The molecule has 1 saturated carbocycles. The highest BCUT2D eigenvalue weighted by atomic mass is 32.2. The summed E-state index contributed by atoms with van der Waals surface area (Å²) in [6, 6.07) is 3.69. The van der Waals surface area contributed by atoms with Gasteiger partial charge in [0.1, 0.15) is 4.21 Å². The number of hydrogen-bond donors (Lipinski definition) is 2. The fourth-order valence-corrected chi connectivity index (χ4v) is 6.44. The van der Waals surface area contributed by atoms with E-state index in [2.05, 4.69) is 11.6 Å². The standard InChI is InChI=1S/C22H40N2O3S2/c1-2-3-4-5-6-7-8-9-10-13-18-23-29(26,27)22-17-16-21(28-22)19-24(25)20-14-11-12-15-20/h16-17,20,23,25H,2-15,18-19H2,1H3. The molecule has 29 heavy (non-hydrogen) atoms. The number of hydrogen-bond acceptors (Lipinski definition) is 5. The van der Waals surface area contributed by atoms with Gasteiger partial charge in [-0.1, -0.05) is 77.6 Å². The number of hydroxylamine groups is 2. The van der Waals surface area contributed by atoms with Crippen LogP contribution >= 0.6 is 11.3 Å². The molecule has 1 aliphatic rings. The van der Waals surface area contributed by atoms with E-state index in [-0.39, 0.29) is 6.04 Å². The summed E-state index contributed by atoms with van der Waals surface area (Å²) in [5.74, 6) is 0. The van der Waals surface area contributed by atoms with Crippen molar-refractivity contribution in [3.63, 3.8) is 0 Å². The molecule has 0 radical (unpaired) electrons. The SMILES string of the molecule is CCCCCCCCCCCCNS(=O)(=O)c1ccc(CN(O)C2CCCC2)s1. The average molecular weight is 445 g/mol. The Balaban J connectivity index is 1.59. The van der Waals surface area contributed by atoms with Gasteiger partial charge < -0.3 is 5.21 Å². The molecule has 0 aliphatic heterocycles. The summed E-state index contributed by atoms with van der Waals surface area (Å²) in [6.45, 7) is 3.15. The number of nitrogens with one attached hydrogen (secondary N) is 1. The van der Waals surface area contributed by atoms with Crippen molar-refractivity contribution in [2.75, 3.05) is 6.54 Å². The minimum Gasteiger partial charge on any atom is -0.313 e. The molecule has 0 atom stereocenters. The quantitative estimate of drug-likeness (QED) is 0.239. The number of thiophene rings is 1. The van der Waals surface area contributed by atoms with Gasteiger partial charge >= 0.3 is 0 Å². The van der Waals surface area contributed by atoms with Crippen LogP contribution in [-0.2, 0) is 16.6 Å². The highest BCUT2D eigenvalue weighted by Gasteiger charge is 2.23. The van der Waals surface area contributed by atoms with Crippen LogP contribution in [0.1, 0.15) is 102 Å². The molecule has 0 amide bonds. The molecule has 0 bridgehead atoms. The van der Waals surface area contributed by atoms with Gasteiger partial charge in [-0.15, -0.1) is 11.3 Å². The van der Waals surface area contributed by atoms with Gasteiger partial charge in [0.15, 0.2) is 0 Å². The molecule has 1 aromatic heterocycles. The van der Waals surface area contributed by atoms with Crippen molar-refractivity contribution in [3.05, 3.63) is 17.0 Å². The Morgan fingerprint density at radius 2 is 1.59 bits per heavy atom. The first-order chi connectivity index (χ1) is 14.0. The summed E-state index contributed by atoms with van der Waals surface area (Å²) in [5, 5.41) is 11.6. The fraction of sp³-hybridized carbons (Fsp3) is 0.818. The van der Waals surface area contributed by atoms with Gasteiger partial charge in [-0.3, -0.25) is 0 Å². The molecule has 7 heteroatoms. The van der Waals surface area contributed by atoms with Crippen LogP contribution in [0.15, 0.2) is 16.3 Å². The second-order valence-electron chi connectivity index (χ2n) is 8.34. The summed E-state index contributed by atoms with van der Waals surface area (Å²) in [7, 11) is -3.44. The zero-order valence-corrected chi connectivity index (χ0v) is 19.7. The summed E-state index contributed by atoms with van der Waals surface area (Å²) in [5.41, 5.74) is 0. The van der Waals surface area contributed by atoms with Gasteiger partial charge in [0.2, 0.25) is 10.0 Å². The zero-order valence-electron chi connectivity index (χ0n) is 18.1. The van der Waals surface area contributed by atoms with Gasteiger partial charge in [-0.25, -0.2) is 13.1 Å². The highest BCUT2D eigenvalue weighted by molar-refractivity contribution is 7.91. The van der Waals surface area contributed by atoms with Crippen LogP contribution in [0.25, 0.3) is 0 Å². The highest BCUT2D eigenvalue weighted by Crippen LogP contribution is 2.27. The number of sulfonamides is 1. The molecular formula is C22H40N2O3S2. The van der Waals surface area contributed by atoms with E-state index in [1.165, 1.54) is 67.8 Å². The van der Waals surface area contributed by atoms with Gasteiger partial charge in [0, 0.05) is 17.5 Å². The van der Waals surface area contributed by atoms with Crippen molar-refractivity contribution < 1.29 is 13.6 Å². The van der Waals surface area contributed by atoms with E-state index < -0.39 is 10.0 Å². The molecule has 2 N–H and O–H groups in total. The smallest absolute Gasteiger partial charge is 0.250 e. The maximum atomic E-state index is 12.5. The molecule has 1 aromatic rings. The van der Waals surface area contributed by atoms with Crippen molar-refractivity contribution in [1.29, 1.82) is 0 Å². The normalized spacial score (nSPS) is 15.6. The van der Waals surface area contributed by atoms with E-state index in [9.17, 15) is 13.6 Å². The van der Waals surface area contributed by atoms with Crippen molar-refractivity contribution >= 4 is 21.4 Å². The molecule has 0 unspecified atom stereocenters. The minimum absolute atomic E-state index is 0.214. The first kappa shape index (κ1) is 24.8. The Morgan fingerprint density at radius 3 is 2.21 bits per heavy atom. The van der Waals surface area contributed by atoms with Gasteiger partial charge in [-0.05, 0) is 31.4 Å². The molecule has 0 spiro atoms. The van der Waals surface area contributed by atoms with Crippen LogP contribution in [0, 0.1) is 0 Å². The lowest BCUT2D eigenvalue weighted by atomic mass is 10.1. The number of unbranched alkanes of at least 4 members (excludes halogenated alkanes) is 9. The van der Waals surface area contributed by atoms with Crippen molar-refractivity contribution in [1.82, 2.24) is 9.79 Å². The van der Waals surface area contributed by atoms with Crippen molar-refractivity contribution in [3.8, 4) is 0 Å². The molecule has 5 nitrogen and oxygen atoms in total. The van der Waals surface area contributed by atoms with Gasteiger partial charge in [0.25, 0.3) is 0 Å². The number of nitrogens with zero attached hydrogens (tertiary/aromatic N) is 1. The predicted octanol–water partition coefficient (Wildman–Crippen LogP) is 6.08. The second-order valence-corrected chi connectivity index (χ2v) is 11.5. The number of rotatable bonds is 16. The van der Waals surface area contributed by atoms with Crippen molar-refractivity contribution in [2.45, 2.75) is 114 Å². The lowest BCUT2D eigenvalue weighted by Gasteiger charge is -2.20. The first-order valence-electron chi connectivity index (χ1n) is 11.6. The van der Waals surface area contributed by atoms with Crippen LogP contribution in [0.4, 0.5) is 0 Å². The summed E-state index contributed by atoms with van der Waals surface area (Å²) >= 11 is 1.26. The third kappa shape index (κ3) is 9.47. The van der Waals surface area contributed by atoms with E-state index in [0.29, 0.717) is 17.3 Å². The zero-order chi connectivity index (χ0) is 21.0. The third-order valence-corrected chi connectivity index (χ3v) is 8.81. The third-order valence-electron chi connectivity index (χ3n) is 5.79. The molecule has 2 rings (SSSR count). The van der Waals surface area contributed by atoms with E-state index in [4.69, 9.17) is 0 Å². The largest absolute Gasteiger partial charge is 0.313 e. The Kier molecular flexibility index (Phi) is 11.8. The Labute approximate surface area is 181 Å². The summed E-state index contributed by atoms with van der Waals surface area (Å²) in [6.07, 6.45) is 16.8. The topological polar surface area (TPSA) is 69.6 Å². The molecule has 168 valence electrons. The molecule has 1 fully saturated rings. The van der Waals surface area contributed by atoms with Gasteiger partial charge in [-0.2, -0.15) is 5.06 Å². The molecule has 0 aromatic carbocycles. The van der Waals surface area contributed by atoms with Crippen LogP contribution in [0.3, 0.4) is 0 Å². The first-order valence-corrected chi connectivity index (χ1v) is 13.9. The Morgan fingerprint density at radius 1 is 1.00 bits per heavy atom. The second kappa shape index (κ2) is 13.8. The van der Waals surface area contributed by atoms with E-state index in [1.54, 1.807) is 6.07 Å². The predicted molar refractivity (Wildman–Crippen MR) is 121 cm³/mol. The molecular weight excluding hydrogens is 404 g/mol. The summed E-state index contributed by atoms with van der Waals surface area (Å²) < 4.78 is 28.0.